The molecule has 0 amide bonds. The van der Waals surface area contributed by atoms with Gasteiger partial charge in [0.1, 0.15) is 5.82 Å². The molecule has 0 aliphatic rings. The summed E-state index contributed by atoms with van der Waals surface area (Å²) in [6, 6.07) is 1.30. The molecule has 0 fully saturated rings. The maximum absolute atomic E-state index is 13.1. The lowest BCUT2D eigenvalue weighted by atomic mass is 10.4. The van der Waals surface area contributed by atoms with Gasteiger partial charge in [0.2, 0.25) is 0 Å². The third kappa shape index (κ3) is 1.96. The SMILES string of the molecule is O=C(O)/C=C/c1cnc2c(Br)cc(F)cn12. The number of rotatable bonds is 2. The Morgan fingerprint density at radius 3 is 3.06 bits per heavy atom. The van der Waals surface area contributed by atoms with Crippen LogP contribution in [0.3, 0.4) is 0 Å². The van der Waals surface area contributed by atoms with Gasteiger partial charge in [-0.05, 0) is 28.1 Å². The highest BCUT2D eigenvalue weighted by Gasteiger charge is 2.06. The molecule has 0 aliphatic carbocycles. The Hall–Kier alpha value is -1.69. The van der Waals surface area contributed by atoms with Crippen LogP contribution in [-0.4, -0.2) is 20.5 Å². The number of halogens is 2. The van der Waals surface area contributed by atoms with Crippen LogP contribution in [0.5, 0.6) is 0 Å². The summed E-state index contributed by atoms with van der Waals surface area (Å²) in [6.07, 6.45) is 5.05. The molecule has 0 atom stereocenters. The monoisotopic (exact) mass is 284 g/mol. The Balaban J connectivity index is 2.60. The number of imidazole rings is 1. The Morgan fingerprint density at radius 1 is 1.62 bits per heavy atom. The molecule has 0 saturated heterocycles. The van der Waals surface area contributed by atoms with Crippen LogP contribution in [0.2, 0.25) is 0 Å². The van der Waals surface area contributed by atoms with Crippen LogP contribution < -0.4 is 0 Å². The lowest BCUT2D eigenvalue weighted by Crippen LogP contribution is -1.92. The molecule has 16 heavy (non-hydrogen) atoms. The molecule has 0 spiro atoms. The van der Waals surface area contributed by atoms with Gasteiger partial charge < -0.3 is 5.11 Å². The van der Waals surface area contributed by atoms with E-state index in [4.69, 9.17) is 5.11 Å². The second-order valence-electron chi connectivity index (χ2n) is 3.05. The van der Waals surface area contributed by atoms with Gasteiger partial charge in [0.05, 0.1) is 16.4 Å². The number of carbonyl (C=O) groups is 1. The topological polar surface area (TPSA) is 54.6 Å². The van der Waals surface area contributed by atoms with E-state index in [1.54, 1.807) is 0 Å². The minimum Gasteiger partial charge on any atom is -0.478 e. The molecule has 2 heterocycles. The number of aromatic nitrogens is 2. The zero-order valence-electron chi connectivity index (χ0n) is 7.89. The first-order chi connectivity index (χ1) is 7.58. The zero-order chi connectivity index (χ0) is 11.7. The lowest BCUT2D eigenvalue weighted by molar-refractivity contribution is -0.131. The highest BCUT2D eigenvalue weighted by Crippen LogP contribution is 2.20. The summed E-state index contributed by atoms with van der Waals surface area (Å²) in [5.41, 5.74) is 1.03. The van der Waals surface area contributed by atoms with Crippen molar-refractivity contribution in [1.29, 1.82) is 0 Å². The van der Waals surface area contributed by atoms with E-state index in [0.29, 0.717) is 15.8 Å². The highest BCUT2D eigenvalue weighted by molar-refractivity contribution is 9.10. The van der Waals surface area contributed by atoms with Crippen LogP contribution in [0, 0.1) is 5.82 Å². The third-order valence-electron chi connectivity index (χ3n) is 1.95. The third-order valence-corrected chi connectivity index (χ3v) is 2.54. The number of carboxylic acid groups (broad SMARTS) is 1. The van der Waals surface area contributed by atoms with Gasteiger partial charge in [-0.1, -0.05) is 0 Å². The quantitative estimate of drug-likeness (QED) is 0.862. The van der Waals surface area contributed by atoms with Crippen molar-refractivity contribution in [2.24, 2.45) is 0 Å². The van der Waals surface area contributed by atoms with E-state index in [1.165, 1.54) is 28.9 Å². The maximum atomic E-state index is 13.1. The van der Waals surface area contributed by atoms with Crippen molar-refractivity contribution >= 4 is 33.6 Å². The summed E-state index contributed by atoms with van der Waals surface area (Å²) < 4.78 is 15.1. The molecule has 2 aromatic rings. The molecule has 1 N–H and O–H groups in total. The number of pyridine rings is 1. The van der Waals surface area contributed by atoms with E-state index < -0.39 is 11.8 Å². The fourth-order valence-electron chi connectivity index (χ4n) is 1.31. The van der Waals surface area contributed by atoms with Gasteiger partial charge in [-0.3, -0.25) is 4.40 Å². The van der Waals surface area contributed by atoms with E-state index in [9.17, 15) is 9.18 Å². The van der Waals surface area contributed by atoms with Crippen LogP contribution in [0.1, 0.15) is 5.69 Å². The fraction of sp³-hybridized carbons (Fsp3) is 0. The molecular formula is C10H6BrFN2O2. The summed E-state index contributed by atoms with van der Waals surface area (Å²) in [7, 11) is 0. The smallest absolute Gasteiger partial charge is 0.328 e. The predicted molar refractivity (Wildman–Crippen MR) is 59.5 cm³/mol. The summed E-state index contributed by atoms with van der Waals surface area (Å²) >= 11 is 3.18. The van der Waals surface area contributed by atoms with Crippen LogP contribution in [0.25, 0.3) is 11.7 Å². The first-order valence-corrected chi connectivity index (χ1v) is 5.10. The normalized spacial score (nSPS) is 11.4. The molecule has 0 aliphatic heterocycles. The minimum absolute atomic E-state index is 0.428. The first kappa shape index (κ1) is 10.8. The molecule has 6 heteroatoms. The average molecular weight is 285 g/mol. The first-order valence-electron chi connectivity index (χ1n) is 4.31. The predicted octanol–water partition coefficient (Wildman–Crippen LogP) is 2.33. The van der Waals surface area contributed by atoms with Crippen LogP contribution in [0.15, 0.2) is 29.0 Å². The van der Waals surface area contributed by atoms with Crippen molar-refractivity contribution in [2.45, 2.75) is 0 Å². The molecule has 4 nitrogen and oxygen atoms in total. The van der Waals surface area contributed by atoms with Crippen molar-refractivity contribution in [3.8, 4) is 0 Å². The Kier molecular flexibility index (Phi) is 2.74. The Bertz CT molecular complexity index is 592. The number of hydrogen-bond acceptors (Lipinski definition) is 2. The van der Waals surface area contributed by atoms with Gasteiger partial charge in [-0.2, -0.15) is 0 Å². The van der Waals surface area contributed by atoms with Gasteiger partial charge >= 0.3 is 5.97 Å². The number of hydrogen-bond donors (Lipinski definition) is 1. The molecule has 0 unspecified atom stereocenters. The van der Waals surface area contributed by atoms with Gasteiger partial charge in [0, 0.05) is 12.3 Å². The lowest BCUT2D eigenvalue weighted by Gasteiger charge is -1.98. The van der Waals surface area contributed by atoms with Gasteiger partial charge in [0.25, 0.3) is 0 Å². The number of aliphatic carboxylic acids is 1. The van der Waals surface area contributed by atoms with Crippen molar-refractivity contribution in [1.82, 2.24) is 9.38 Å². The molecule has 0 bridgehead atoms. The molecular weight excluding hydrogens is 279 g/mol. The molecule has 0 radical (unpaired) electrons. The molecule has 0 aromatic carbocycles. The molecule has 0 saturated carbocycles. The maximum Gasteiger partial charge on any atom is 0.328 e. The Morgan fingerprint density at radius 2 is 2.38 bits per heavy atom. The summed E-state index contributed by atoms with van der Waals surface area (Å²) in [4.78, 5) is 14.4. The van der Waals surface area contributed by atoms with Gasteiger partial charge in [0.15, 0.2) is 5.65 Å². The highest BCUT2D eigenvalue weighted by atomic mass is 79.9. The largest absolute Gasteiger partial charge is 0.478 e. The molecule has 2 rings (SSSR count). The molecule has 2 aromatic heterocycles. The second kappa shape index (κ2) is 4.05. The number of nitrogens with zero attached hydrogens (tertiary/aromatic N) is 2. The van der Waals surface area contributed by atoms with Crippen LogP contribution in [-0.2, 0) is 4.79 Å². The number of fused-ring (bicyclic) bond motifs is 1. The summed E-state index contributed by atoms with van der Waals surface area (Å²) in [6.45, 7) is 0. The number of carboxylic acids is 1. The second-order valence-corrected chi connectivity index (χ2v) is 3.91. The van der Waals surface area contributed by atoms with Gasteiger partial charge in [-0.25, -0.2) is 14.2 Å². The van der Waals surface area contributed by atoms with E-state index in [0.717, 1.165) is 6.08 Å². The average Bonchev–Trinajstić information content (AvgIpc) is 2.58. The Labute approximate surface area is 98.2 Å². The zero-order valence-corrected chi connectivity index (χ0v) is 9.48. The van der Waals surface area contributed by atoms with Crippen molar-refractivity contribution in [3.05, 3.63) is 40.5 Å². The van der Waals surface area contributed by atoms with Crippen molar-refractivity contribution in [3.63, 3.8) is 0 Å². The summed E-state index contributed by atoms with van der Waals surface area (Å²) in [5.74, 6) is -1.49. The van der Waals surface area contributed by atoms with E-state index in [2.05, 4.69) is 20.9 Å². The van der Waals surface area contributed by atoms with E-state index in [1.807, 2.05) is 0 Å². The van der Waals surface area contributed by atoms with Crippen molar-refractivity contribution in [2.75, 3.05) is 0 Å². The fourth-order valence-corrected chi connectivity index (χ4v) is 1.82. The van der Waals surface area contributed by atoms with Crippen LogP contribution >= 0.6 is 15.9 Å². The summed E-state index contributed by atoms with van der Waals surface area (Å²) in [5, 5.41) is 8.49. The molecule has 82 valence electrons. The van der Waals surface area contributed by atoms with Crippen LogP contribution in [0.4, 0.5) is 4.39 Å². The minimum atomic E-state index is -1.06. The standard InChI is InChI=1S/C10H6BrFN2O2/c11-8-3-6(12)5-14-7(1-2-9(15)16)4-13-10(8)14/h1-5H,(H,15,16)/b2-1+. The van der Waals surface area contributed by atoms with Gasteiger partial charge in [-0.15, -0.1) is 0 Å². The van der Waals surface area contributed by atoms with E-state index >= 15 is 0 Å². The van der Waals surface area contributed by atoms with Crippen molar-refractivity contribution < 1.29 is 14.3 Å². The van der Waals surface area contributed by atoms with E-state index in [-0.39, 0.29) is 0 Å².